The van der Waals surface area contributed by atoms with E-state index in [2.05, 4.69) is 13.8 Å². The first kappa shape index (κ1) is 25.8. The first-order valence-corrected chi connectivity index (χ1v) is 13.5. The van der Waals surface area contributed by atoms with E-state index in [0.717, 1.165) is 37.2 Å². The van der Waals surface area contributed by atoms with E-state index in [-0.39, 0.29) is 16.5 Å². The monoisotopic (exact) mass is 411 g/mol. The summed E-state index contributed by atoms with van der Waals surface area (Å²) in [5.41, 5.74) is -3.54. The zero-order valence-electron chi connectivity index (χ0n) is 14.3. The molecule has 2 nitrogen and oxygen atoms in total. The Hall–Kier alpha value is 1.54. The van der Waals surface area contributed by atoms with E-state index in [1.807, 2.05) is 0 Å². The molecule has 22 heavy (non-hydrogen) atoms. The molecule has 0 aromatic heterocycles. The van der Waals surface area contributed by atoms with Gasteiger partial charge in [0.05, 0.1) is 0 Å². The van der Waals surface area contributed by atoms with E-state index in [4.69, 9.17) is 12.2 Å². The Bertz CT molecular complexity index is 270. The Morgan fingerprint density at radius 3 is 1.32 bits per heavy atom. The summed E-state index contributed by atoms with van der Waals surface area (Å²) in [5.74, 6) is 1.62. The van der Waals surface area contributed by atoms with Gasteiger partial charge in [-0.1, -0.05) is 78.1 Å². The van der Waals surface area contributed by atoms with Crippen LogP contribution < -0.4 is 9.79 Å². The molecular weight excluding hydrogens is 378 g/mol. The maximum absolute atomic E-state index is 11.7. The predicted octanol–water partition coefficient (Wildman–Crippen LogP) is 4.27. The van der Waals surface area contributed by atoms with E-state index >= 15 is 0 Å². The van der Waals surface area contributed by atoms with Crippen molar-refractivity contribution < 1.29 is 26.3 Å². The largest absolute Gasteiger partial charge is 3.00 e. The minimum absolute atomic E-state index is 0. The summed E-state index contributed by atoms with van der Waals surface area (Å²) in [6.07, 6.45) is 14.5. The van der Waals surface area contributed by atoms with Gasteiger partial charge in [0.1, 0.15) is 0 Å². The van der Waals surface area contributed by atoms with Crippen LogP contribution >= 0.6 is 5.69 Å². The third-order valence-corrected chi connectivity index (χ3v) is 10.8. The zero-order chi connectivity index (χ0) is 16.0. The topological polar surface area (TPSA) is 46.1 Å². The maximum Gasteiger partial charge on any atom is 3.00 e. The molecule has 0 amide bonds. The fraction of sp³-hybridized carbons (Fsp3) is 1.00. The molecule has 0 aliphatic rings. The van der Waals surface area contributed by atoms with Crippen molar-refractivity contribution in [2.24, 2.45) is 0 Å². The molecule has 0 aliphatic heterocycles. The zero-order valence-corrected chi connectivity index (χ0v) is 17.8. The normalized spacial score (nSPS) is 11.7. The van der Waals surface area contributed by atoms with Gasteiger partial charge in [0, 0.05) is 0 Å². The average Bonchev–Trinajstić information content (AvgIpc) is 2.42. The molecule has 0 spiro atoms. The molecule has 0 bridgehead atoms. The van der Waals surface area contributed by atoms with Crippen molar-refractivity contribution in [2.75, 3.05) is 11.5 Å². The molecule has 0 rings (SSSR count). The number of hydrogen-bond acceptors (Lipinski definition) is 3. The molecule has 0 aromatic rings. The van der Waals surface area contributed by atoms with Crippen molar-refractivity contribution in [3.05, 3.63) is 0 Å². The standard InChI is InChI=1S/C16H34O2PS2.Ni/c1-3-5-7-9-11-13-15-21(19(17,18)20)16-14-12-10-8-6-4-2;/h3-16H2,1-2H3;/q-3;+3. The van der Waals surface area contributed by atoms with Gasteiger partial charge >= 0.3 is 16.5 Å². The average molecular weight is 412 g/mol. The molecule has 6 heteroatoms. The smallest absolute Gasteiger partial charge is 0.854 e. The maximum atomic E-state index is 11.7. The van der Waals surface area contributed by atoms with Crippen molar-refractivity contribution in [2.45, 2.75) is 90.9 Å². The van der Waals surface area contributed by atoms with Gasteiger partial charge in [0.15, 0.2) is 0 Å². The van der Waals surface area contributed by atoms with Crippen molar-refractivity contribution in [1.82, 2.24) is 0 Å². The van der Waals surface area contributed by atoms with Crippen molar-refractivity contribution in [3.63, 3.8) is 0 Å². The van der Waals surface area contributed by atoms with Crippen LogP contribution in [0.2, 0.25) is 0 Å². The molecule has 0 atom stereocenters. The van der Waals surface area contributed by atoms with Crippen LogP contribution in [0, 0.1) is 0 Å². The molecule has 0 fully saturated rings. The molecular formula is C16H34NiO2PS2. The van der Waals surface area contributed by atoms with Crippen LogP contribution in [0.15, 0.2) is 0 Å². The van der Waals surface area contributed by atoms with Crippen molar-refractivity contribution in [1.29, 1.82) is 0 Å². The molecule has 1 radical (unpaired) electrons. The molecule has 0 N–H and O–H groups in total. The summed E-state index contributed by atoms with van der Waals surface area (Å²) in [7, 11) is -0.541. The molecule has 0 unspecified atom stereocenters. The quantitative estimate of drug-likeness (QED) is 0.185. The van der Waals surface area contributed by atoms with Crippen molar-refractivity contribution in [3.8, 4) is 0 Å². The van der Waals surface area contributed by atoms with Crippen LogP contribution in [-0.4, -0.2) is 11.5 Å². The Morgan fingerprint density at radius 1 is 0.682 bits per heavy atom. The minimum atomic E-state index is -3.54. The second-order valence-corrected chi connectivity index (χ2v) is 13.6. The Morgan fingerprint density at radius 2 is 1.00 bits per heavy atom. The van der Waals surface area contributed by atoms with Crippen LogP contribution in [0.4, 0.5) is 0 Å². The van der Waals surface area contributed by atoms with E-state index in [1.54, 1.807) is 0 Å². The summed E-state index contributed by atoms with van der Waals surface area (Å²) in [6.45, 7) is 4.42. The first-order chi connectivity index (χ1) is 10.0. The second kappa shape index (κ2) is 17.4. The van der Waals surface area contributed by atoms with Gasteiger partial charge in [-0.25, -0.2) is 10.1 Å². The number of unbranched alkanes of at least 4 members (excludes halogenated alkanes) is 10. The predicted molar refractivity (Wildman–Crippen MR) is 98.1 cm³/mol. The van der Waals surface area contributed by atoms with Gasteiger partial charge in [-0.2, -0.15) is 0 Å². The summed E-state index contributed by atoms with van der Waals surface area (Å²) in [4.78, 5) is 23.4. The van der Waals surface area contributed by atoms with Crippen molar-refractivity contribution >= 4 is 28.0 Å². The van der Waals surface area contributed by atoms with Crippen LogP contribution in [0.1, 0.15) is 90.9 Å². The summed E-state index contributed by atoms with van der Waals surface area (Å²) >= 11 is 4.76. The van der Waals surface area contributed by atoms with E-state index in [9.17, 15) is 9.79 Å². The van der Waals surface area contributed by atoms with E-state index < -0.39 is 15.8 Å². The SMILES string of the molecule is CCCCCCCCS(CCCCCCCC)=P([O-])([O-])[S-].[Ni+3]. The van der Waals surface area contributed by atoms with Crippen LogP contribution in [0.5, 0.6) is 0 Å². The van der Waals surface area contributed by atoms with Gasteiger partial charge in [-0.15, -0.1) is 0 Å². The Labute approximate surface area is 156 Å². The molecule has 0 heterocycles. The molecule has 0 saturated heterocycles. The van der Waals surface area contributed by atoms with Crippen LogP contribution in [-0.2, 0) is 38.8 Å². The van der Waals surface area contributed by atoms with Gasteiger partial charge < -0.3 is 27.7 Å². The van der Waals surface area contributed by atoms with Gasteiger partial charge in [0.2, 0.25) is 0 Å². The van der Waals surface area contributed by atoms with Gasteiger partial charge in [-0.05, 0) is 24.3 Å². The summed E-state index contributed by atoms with van der Waals surface area (Å²) in [5, 5.41) is 0. The van der Waals surface area contributed by atoms with E-state index in [0.29, 0.717) is 0 Å². The number of rotatable bonds is 14. The van der Waals surface area contributed by atoms with Gasteiger partial charge in [0.25, 0.3) is 0 Å². The Kier molecular flexibility index (Phi) is 20.4. The molecule has 0 aliphatic carbocycles. The molecule has 0 saturated carbocycles. The first-order valence-electron chi connectivity index (χ1n) is 8.72. The van der Waals surface area contributed by atoms with E-state index in [1.165, 1.54) is 51.4 Å². The summed E-state index contributed by atoms with van der Waals surface area (Å²) < 4.78 is 0. The fourth-order valence-electron chi connectivity index (χ4n) is 2.42. The van der Waals surface area contributed by atoms with Crippen LogP contribution in [0.25, 0.3) is 0 Å². The second-order valence-electron chi connectivity index (χ2n) is 5.85. The minimum Gasteiger partial charge on any atom is -0.854 e. The van der Waals surface area contributed by atoms with Gasteiger partial charge in [-0.3, -0.25) is 0 Å². The Balaban J connectivity index is 0. The molecule has 137 valence electrons. The molecule has 0 aromatic carbocycles. The van der Waals surface area contributed by atoms with Crippen LogP contribution in [0.3, 0.4) is 0 Å². The third-order valence-electron chi connectivity index (χ3n) is 3.78. The third kappa shape index (κ3) is 16.4. The number of hydrogen-bond donors (Lipinski definition) is 0. The fourth-order valence-corrected chi connectivity index (χ4v) is 7.61. The summed E-state index contributed by atoms with van der Waals surface area (Å²) in [6, 6.07) is 0.